The number of halogens is 1. The number of nitrogens with two attached hydrogens (primary N) is 1. The van der Waals surface area contributed by atoms with Crippen LogP contribution in [0.2, 0.25) is 5.02 Å². The van der Waals surface area contributed by atoms with Gasteiger partial charge in [0.25, 0.3) is 0 Å². The molecule has 3 unspecified atom stereocenters. The molecule has 3 N–H and O–H groups in total. The van der Waals surface area contributed by atoms with Gasteiger partial charge in [-0.15, -0.1) is 11.3 Å². The molecule has 2 aromatic rings. The van der Waals surface area contributed by atoms with Gasteiger partial charge in [0.05, 0.1) is 11.1 Å². The van der Waals surface area contributed by atoms with Crippen LogP contribution in [0.15, 0.2) is 41.8 Å². The van der Waals surface area contributed by atoms with E-state index in [4.69, 9.17) is 17.4 Å². The van der Waals surface area contributed by atoms with Crippen LogP contribution in [0.1, 0.15) is 42.7 Å². The van der Waals surface area contributed by atoms with Crippen LogP contribution in [0, 0.1) is 5.92 Å². The molecule has 0 aliphatic rings. The molecule has 1 aromatic heterocycles. The summed E-state index contributed by atoms with van der Waals surface area (Å²) in [6.07, 6.45) is 1.10. The van der Waals surface area contributed by atoms with E-state index in [0.717, 1.165) is 16.3 Å². The van der Waals surface area contributed by atoms with Crippen LogP contribution in [0.25, 0.3) is 0 Å². The van der Waals surface area contributed by atoms with Crippen LogP contribution in [0.3, 0.4) is 0 Å². The zero-order valence-electron chi connectivity index (χ0n) is 11.8. The molecule has 0 radical (unpaired) electrons. The maximum absolute atomic E-state index is 6.31. The summed E-state index contributed by atoms with van der Waals surface area (Å²) in [6, 6.07) is 12.5. The van der Waals surface area contributed by atoms with Crippen LogP contribution >= 0.6 is 22.9 Å². The van der Waals surface area contributed by atoms with Crippen molar-refractivity contribution in [3.63, 3.8) is 0 Å². The van der Waals surface area contributed by atoms with Crippen LogP contribution < -0.4 is 11.3 Å². The van der Waals surface area contributed by atoms with E-state index in [1.807, 2.05) is 17.5 Å². The lowest BCUT2D eigenvalue weighted by Gasteiger charge is -2.31. The Morgan fingerprint density at radius 2 is 1.95 bits per heavy atom. The molecular formula is C16H21ClN2S. The maximum atomic E-state index is 6.31. The molecule has 0 bridgehead atoms. The Balaban J connectivity index is 2.42. The first kappa shape index (κ1) is 15.5. The second kappa shape index (κ2) is 7.23. The van der Waals surface area contributed by atoms with Gasteiger partial charge in [-0.3, -0.25) is 11.3 Å². The molecule has 2 nitrogen and oxygen atoms in total. The lowest BCUT2D eigenvalue weighted by molar-refractivity contribution is 0.347. The predicted molar refractivity (Wildman–Crippen MR) is 88.0 cm³/mol. The van der Waals surface area contributed by atoms with E-state index < -0.39 is 0 Å². The van der Waals surface area contributed by atoms with Gasteiger partial charge in [0.15, 0.2) is 0 Å². The molecule has 0 aliphatic heterocycles. The number of thiophene rings is 1. The van der Waals surface area contributed by atoms with Crippen molar-refractivity contribution in [3.05, 3.63) is 57.2 Å². The quantitative estimate of drug-likeness (QED) is 0.598. The van der Waals surface area contributed by atoms with E-state index in [0.29, 0.717) is 11.8 Å². The highest BCUT2D eigenvalue weighted by molar-refractivity contribution is 7.10. The van der Waals surface area contributed by atoms with Crippen molar-refractivity contribution < 1.29 is 0 Å². The number of benzene rings is 1. The van der Waals surface area contributed by atoms with Crippen molar-refractivity contribution in [2.24, 2.45) is 11.8 Å². The van der Waals surface area contributed by atoms with E-state index in [1.54, 1.807) is 11.3 Å². The molecule has 20 heavy (non-hydrogen) atoms. The lowest BCUT2D eigenvalue weighted by Crippen LogP contribution is -2.34. The Morgan fingerprint density at radius 3 is 2.45 bits per heavy atom. The van der Waals surface area contributed by atoms with Gasteiger partial charge in [0, 0.05) is 10.8 Å². The molecule has 3 atom stereocenters. The number of hydrogen-bond acceptors (Lipinski definition) is 3. The number of hydrazine groups is 1. The van der Waals surface area contributed by atoms with Crippen LogP contribution in [-0.2, 0) is 0 Å². The van der Waals surface area contributed by atoms with Gasteiger partial charge in [-0.25, -0.2) is 0 Å². The Hall–Kier alpha value is -0.870. The second-order valence-electron chi connectivity index (χ2n) is 5.10. The average molecular weight is 309 g/mol. The van der Waals surface area contributed by atoms with Crippen molar-refractivity contribution in [2.45, 2.75) is 32.2 Å². The molecule has 1 heterocycles. The standard InChI is InChI=1S/C16H21ClN2S/c1-3-11(2)14(12-7-5-4-6-8-12)15(19-18)16-13(17)9-10-20-16/h4-11,14-15,19H,3,18H2,1-2H3. The zero-order chi connectivity index (χ0) is 14.5. The smallest absolute Gasteiger partial charge is 0.0639 e. The van der Waals surface area contributed by atoms with Crippen molar-refractivity contribution in [1.29, 1.82) is 0 Å². The van der Waals surface area contributed by atoms with Gasteiger partial charge < -0.3 is 0 Å². The normalized spacial score (nSPS) is 15.8. The highest BCUT2D eigenvalue weighted by Gasteiger charge is 2.30. The Morgan fingerprint density at radius 1 is 1.25 bits per heavy atom. The molecule has 0 saturated heterocycles. The third-order valence-corrected chi connectivity index (χ3v) is 5.35. The molecule has 108 valence electrons. The fourth-order valence-corrected chi connectivity index (χ4v) is 3.93. The summed E-state index contributed by atoms with van der Waals surface area (Å²) in [4.78, 5) is 1.11. The van der Waals surface area contributed by atoms with Crippen molar-refractivity contribution in [3.8, 4) is 0 Å². The minimum Gasteiger partial charge on any atom is -0.271 e. The van der Waals surface area contributed by atoms with Gasteiger partial charge in [0.2, 0.25) is 0 Å². The molecule has 0 spiro atoms. The minimum atomic E-state index is 0.0415. The average Bonchev–Trinajstić information content (AvgIpc) is 2.90. The molecule has 1 aromatic carbocycles. The first-order valence-electron chi connectivity index (χ1n) is 6.93. The molecule has 4 heteroatoms. The molecule has 0 fully saturated rings. The summed E-state index contributed by atoms with van der Waals surface area (Å²) in [5, 5.41) is 2.81. The van der Waals surface area contributed by atoms with Crippen molar-refractivity contribution in [1.82, 2.24) is 5.43 Å². The molecule has 2 rings (SSSR count). The highest BCUT2D eigenvalue weighted by atomic mass is 35.5. The third-order valence-electron chi connectivity index (χ3n) is 3.91. The Bertz CT molecular complexity index is 526. The molecule has 0 amide bonds. The van der Waals surface area contributed by atoms with Gasteiger partial charge in [0.1, 0.15) is 0 Å². The van der Waals surface area contributed by atoms with Gasteiger partial charge in [-0.2, -0.15) is 0 Å². The molecular weight excluding hydrogens is 288 g/mol. The van der Waals surface area contributed by atoms with Gasteiger partial charge in [-0.05, 0) is 22.9 Å². The summed E-state index contributed by atoms with van der Waals surface area (Å²) in [7, 11) is 0. The largest absolute Gasteiger partial charge is 0.271 e. The Labute approximate surface area is 129 Å². The monoisotopic (exact) mass is 308 g/mol. The third kappa shape index (κ3) is 3.23. The van der Waals surface area contributed by atoms with Crippen molar-refractivity contribution in [2.75, 3.05) is 0 Å². The zero-order valence-corrected chi connectivity index (χ0v) is 13.4. The minimum absolute atomic E-state index is 0.0415. The predicted octanol–water partition coefficient (Wildman–Crippen LogP) is 4.74. The maximum Gasteiger partial charge on any atom is 0.0639 e. The number of nitrogens with one attached hydrogen (secondary N) is 1. The SMILES string of the molecule is CCC(C)C(c1ccccc1)C(NN)c1sccc1Cl. The van der Waals surface area contributed by atoms with E-state index in [9.17, 15) is 0 Å². The first-order valence-corrected chi connectivity index (χ1v) is 8.18. The fourth-order valence-electron chi connectivity index (χ4n) is 2.65. The van der Waals surface area contributed by atoms with Crippen LogP contribution in [-0.4, -0.2) is 0 Å². The van der Waals surface area contributed by atoms with E-state index in [2.05, 4.69) is 43.5 Å². The summed E-state index contributed by atoms with van der Waals surface area (Å²) in [5.41, 5.74) is 4.29. The second-order valence-corrected chi connectivity index (χ2v) is 6.45. The highest BCUT2D eigenvalue weighted by Crippen LogP contribution is 2.42. The first-order chi connectivity index (χ1) is 9.69. The summed E-state index contributed by atoms with van der Waals surface area (Å²) in [6.45, 7) is 4.48. The molecule has 0 saturated carbocycles. The van der Waals surface area contributed by atoms with Crippen LogP contribution in [0.5, 0.6) is 0 Å². The van der Waals surface area contributed by atoms with Gasteiger partial charge >= 0.3 is 0 Å². The molecule has 0 aliphatic carbocycles. The summed E-state index contributed by atoms with van der Waals surface area (Å²) >= 11 is 7.97. The van der Waals surface area contributed by atoms with Crippen LogP contribution in [0.4, 0.5) is 0 Å². The topological polar surface area (TPSA) is 38.0 Å². The van der Waals surface area contributed by atoms with Crippen molar-refractivity contribution >= 4 is 22.9 Å². The van der Waals surface area contributed by atoms with E-state index in [-0.39, 0.29) is 6.04 Å². The summed E-state index contributed by atoms with van der Waals surface area (Å²) in [5.74, 6) is 6.68. The lowest BCUT2D eigenvalue weighted by atomic mass is 9.80. The Kier molecular flexibility index (Phi) is 5.61. The fraction of sp³-hybridized carbons (Fsp3) is 0.375. The number of hydrogen-bond donors (Lipinski definition) is 2. The van der Waals surface area contributed by atoms with E-state index in [1.165, 1.54) is 5.56 Å². The summed E-state index contributed by atoms with van der Waals surface area (Å²) < 4.78 is 0. The number of rotatable bonds is 6. The van der Waals surface area contributed by atoms with E-state index >= 15 is 0 Å². The van der Waals surface area contributed by atoms with Gasteiger partial charge in [-0.1, -0.05) is 62.2 Å².